The third-order valence-electron chi connectivity index (χ3n) is 2.07. The Morgan fingerprint density at radius 3 is 2.47 bits per heavy atom. The van der Waals surface area contributed by atoms with E-state index >= 15 is 0 Å². The molecule has 1 heterocycles. The van der Waals surface area contributed by atoms with Gasteiger partial charge in [0.1, 0.15) is 0 Å². The van der Waals surface area contributed by atoms with Crippen LogP contribution >= 0.6 is 23.4 Å². The molecule has 1 aromatic heterocycles. The molecule has 0 radical (unpaired) electrons. The van der Waals surface area contributed by atoms with E-state index in [4.69, 9.17) is 11.6 Å². The van der Waals surface area contributed by atoms with E-state index in [1.165, 1.54) is 6.20 Å². The standard InChI is InChI=1S/C11H9ClN2O2S/c12-7-1-3-9(4-2-7)17-6-8-5-13-10(15)11(16)14-8/h1-5H,6H2,(H,13,15)(H,14,16). The SMILES string of the molecule is O=c1[nH]cc(CSc2ccc(Cl)cc2)[nH]c1=O. The molecule has 0 spiro atoms. The highest BCUT2D eigenvalue weighted by Crippen LogP contribution is 2.22. The van der Waals surface area contributed by atoms with Crippen molar-refractivity contribution in [3.63, 3.8) is 0 Å². The zero-order chi connectivity index (χ0) is 12.3. The van der Waals surface area contributed by atoms with Crippen LogP contribution in [0.4, 0.5) is 0 Å². The van der Waals surface area contributed by atoms with Gasteiger partial charge in [-0.15, -0.1) is 11.8 Å². The van der Waals surface area contributed by atoms with E-state index in [9.17, 15) is 9.59 Å². The monoisotopic (exact) mass is 268 g/mol. The molecule has 0 aliphatic rings. The molecule has 2 N–H and O–H groups in total. The summed E-state index contributed by atoms with van der Waals surface area (Å²) in [6, 6.07) is 7.41. The molecule has 2 rings (SSSR count). The van der Waals surface area contributed by atoms with Crippen LogP contribution in [0.2, 0.25) is 5.02 Å². The van der Waals surface area contributed by atoms with Crippen LogP contribution in [-0.4, -0.2) is 9.97 Å². The Balaban J connectivity index is 2.07. The number of rotatable bonds is 3. The molecule has 0 bridgehead atoms. The molecule has 0 aliphatic heterocycles. The third kappa shape index (κ3) is 3.25. The molecule has 2 aromatic rings. The molecule has 4 nitrogen and oxygen atoms in total. The number of thioether (sulfide) groups is 1. The number of hydrogen-bond acceptors (Lipinski definition) is 3. The van der Waals surface area contributed by atoms with Crippen LogP contribution in [0.3, 0.4) is 0 Å². The number of aromatic nitrogens is 2. The van der Waals surface area contributed by atoms with Gasteiger partial charge >= 0.3 is 11.1 Å². The minimum atomic E-state index is -0.634. The van der Waals surface area contributed by atoms with Crippen molar-refractivity contribution < 1.29 is 0 Å². The topological polar surface area (TPSA) is 65.7 Å². The van der Waals surface area contributed by atoms with Crippen LogP contribution in [0.5, 0.6) is 0 Å². The number of H-pyrrole nitrogens is 2. The largest absolute Gasteiger partial charge is 0.323 e. The van der Waals surface area contributed by atoms with Crippen molar-refractivity contribution >= 4 is 23.4 Å². The fourth-order valence-corrected chi connectivity index (χ4v) is 2.16. The summed E-state index contributed by atoms with van der Waals surface area (Å²) >= 11 is 7.32. The minimum Gasteiger partial charge on any atom is -0.323 e. The zero-order valence-electron chi connectivity index (χ0n) is 8.70. The lowest BCUT2D eigenvalue weighted by Gasteiger charge is -2.01. The number of halogens is 1. The Hall–Kier alpha value is -1.46. The van der Waals surface area contributed by atoms with Crippen molar-refractivity contribution in [2.45, 2.75) is 10.6 Å². The molecule has 0 saturated heterocycles. The Kier molecular flexibility index (Phi) is 3.71. The average molecular weight is 269 g/mol. The summed E-state index contributed by atoms with van der Waals surface area (Å²) < 4.78 is 0. The van der Waals surface area contributed by atoms with Gasteiger partial charge in [0.15, 0.2) is 0 Å². The second-order valence-corrected chi connectivity index (χ2v) is 4.82. The van der Waals surface area contributed by atoms with Crippen LogP contribution < -0.4 is 11.1 Å². The summed E-state index contributed by atoms with van der Waals surface area (Å²) in [6.45, 7) is 0. The lowest BCUT2D eigenvalue weighted by atomic mass is 10.4. The normalized spacial score (nSPS) is 10.4. The predicted octanol–water partition coefficient (Wildman–Crippen LogP) is 2.01. The van der Waals surface area contributed by atoms with Gasteiger partial charge in [-0.2, -0.15) is 0 Å². The second-order valence-electron chi connectivity index (χ2n) is 3.34. The molecule has 0 atom stereocenters. The Labute approximate surface area is 106 Å². The maximum absolute atomic E-state index is 11.1. The van der Waals surface area contributed by atoms with Crippen LogP contribution in [0, 0.1) is 0 Å². The lowest BCUT2D eigenvalue weighted by Crippen LogP contribution is -2.29. The van der Waals surface area contributed by atoms with E-state index in [1.807, 2.05) is 12.1 Å². The third-order valence-corrected chi connectivity index (χ3v) is 3.38. The number of nitrogens with one attached hydrogen (secondary N) is 2. The van der Waals surface area contributed by atoms with E-state index in [0.717, 1.165) is 4.90 Å². The van der Waals surface area contributed by atoms with Crippen LogP contribution in [-0.2, 0) is 5.75 Å². The van der Waals surface area contributed by atoms with Gasteiger partial charge in [-0.05, 0) is 24.3 Å². The van der Waals surface area contributed by atoms with Crippen molar-refractivity contribution in [3.05, 3.63) is 61.9 Å². The highest BCUT2D eigenvalue weighted by atomic mass is 35.5. The molecule has 0 unspecified atom stereocenters. The first-order valence-corrected chi connectivity index (χ1v) is 6.21. The predicted molar refractivity (Wildman–Crippen MR) is 68.7 cm³/mol. The fraction of sp³-hybridized carbons (Fsp3) is 0.0909. The van der Waals surface area contributed by atoms with Gasteiger partial charge in [-0.3, -0.25) is 9.59 Å². The minimum absolute atomic E-state index is 0.577. The molecule has 17 heavy (non-hydrogen) atoms. The van der Waals surface area contributed by atoms with Crippen LogP contribution in [0.25, 0.3) is 0 Å². The van der Waals surface area contributed by atoms with Gasteiger partial charge in [0.25, 0.3) is 0 Å². The molecule has 1 aromatic carbocycles. The highest BCUT2D eigenvalue weighted by Gasteiger charge is 1.99. The van der Waals surface area contributed by atoms with E-state index in [0.29, 0.717) is 16.5 Å². The average Bonchev–Trinajstić information content (AvgIpc) is 2.33. The Morgan fingerprint density at radius 2 is 1.82 bits per heavy atom. The van der Waals surface area contributed by atoms with Gasteiger partial charge in [-0.1, -0.05) is 11.6 Å². The molecule has 0 amide bonds. The molecule has 88 valence electrons. The summed E-state index contributed by atoms with van der Waals surface area (Å²) in [4.78, 5) is 27.9. The van der Waals surface area contributed by atoms with E-state index < -0.39 is 11.1 Å². The van der Waals surface area contributed by atoms with E-state index in [1.54, 1.807) is 23.9 Å². The van der Waals surface area contributed by atoms with Crippen molar-refractivity contribution in [2.24, 2.45) is 0 Å². The summed E-state index contributed by atoms with van der Waals surface area (Å²) in [5.41, 5.74) is -0.584. The van der Waals surface area contributed by atoms with Crippen molar-refractivity contribution in [1.29, 1.82) is 0 Å². The number of benzene rings is 1. The second kappa shape index (κ2) is 5.25. The summed E-state index contributed by atoms with van der Waals surface area (Å²) in [7, 11) is 0. The lowest BCUT2D eigenvalue weighted by molar-refractivity contribution is 1.01. The Bertz CT molecular complexity index is 618. The van der Waals surface area contributed by atoms with Gasteiger partial charge in [-0.25, -0.2) is 0 Å². The zero-order valence-corrected chi connectivity index (χ0v) is 10.3. The van der Waals surface area contributed by atoms with Gasteiger partial charge < -0.3 is 9.97 Å². The first-order valence-electron chi connectivity index (χ1n) is 4.84. The van der Waals surface area contributed by atoms with E-state index in [2.05, 4.69) is 9.97 Å². The van der Waals surface area contributed by atoms with Crippen LogP contribution in [0.15, 0.2) is 44.9 Å². The smallest absolute Gasteiger partial charge is 0.313 e. The van der Waals surface area contributed by atoms with Crippen molar-refractivity contribution in [3.8, 4) is 0 Å². The maximum Gasteiger partial charge on any atom is 0.313 e. The maximum atomic E-state index is 11.1. The van der Waals surface area contributed by atoms with Gasteiger partial charge in [0, 0.05) is 27.6 Å². The molecule has 0 saturated carbocycles. The van der Waals surface area contributed by atoms with E-state index in [-0.39, 0.29) is 0 Å². The van der Waals surface area contributed by atoms with Gasteiger partial charge in [0.2, 0.25) is 0 Å². The summed E-state index contributed by atoms with van der Waals surface area (Å²) in [6.07, 6.45) is 1.51. The highest BCUT2D eigenvalue weighted by molar-refractivity contribution is 7.98. The van der Waals surface area contributed by atoms with Gasteiger partial charge in [0.05, 0.1) is 0 Å². The molecule has 0 fully saturated rings. The molecular formula is C11H9ClN2O2S. The van der Waals surface area contributed by atoms with Crippen LogP contribution in [0.1, 0.15) is 5.69 Å². The fourth-order valence-electron chi connectivity index (χ4n) is 1.23. The van der Waals surface area contributed by atoms with Crippen molar-refractivity contribution in [2.75, 3.05) is 0 Å². The number of hydrogen-bond donors (Lipinski definition) is 2. The quantitative estimate of drug-likeness (QED) is 0.661. The molecular weight excluding hydrogens is 260 g/mol. The molecule has 0 aliphatic carbocycles. The summed E-state index contributed by atoms with van der Waals surface area (Å²) in [5.74, 6) is 0.577. The van der Waals surface area contributed by atoms with Crippen molar-refractivity contribution in [1.82, 2.24) is 9.97 Å². The summed E-state index contributed by atoms with van der Waals surface area (Å²) in [5, 5.41) is 0.687. The Morgan fingerprint density at radius 1 is 1.12 bits per heavy atom. The number of aromatic amines is 2. The first kappa shape index (κ1) is 12.0. The first-order chi connectivity index (χ1) is 8.15. The molecule has 6 heteroatoms.